The Morgan fingerprint density at radius 2 is 1.79 bits per heavy atom. The van der Waals surface area contributed by atoms with E-state index in [9.17, 15) is 14.7 Å². The van der Waals surface area contributed by atoms with E-state index in [2.05, 4.69) is 21.2 Å². The molecule has 3 aromatic rings. The molecule has 1 unspecified atom stereocenters. The molecule has 3 aromatic carbocycles. The number of phenols is 1. The summed E-state index contributed by atoms with van der Waals surface area (Å²) in [7, 11) is 0. The topological polar surface area (TPSA) is 69.6 Å². The normalized spacial score (nSPS) is 16.3. The highest BCUT2D eigenvalue weighted by atomic mass is 79.9. The highest BCUT2D eigenvalue weighted by Gasteiger charge is 2.35. The molecule has 1 saturated heterocycles. The number of amides is 2. The summed E-state index contributed by atoms with van der Waals surface area (Å²) >= 11 is 3.37. The fraction of sp³-hybridized carbons (Fsp3) is 0.182. The van der Waals surface area contributed by atoms with Gasteiger partial charge in [-0.1, -0.05) is 46.3 Å². The van der Waals surface area contributed by atoms with Crippen molar-refractivity contribution in [2.24, 2.45) is 0 Å². The van der Waals surface area contributed by atoms with Crippen molar-refractivity contribution in [3.05, 3.63) is 70.7 Å². The average molecular weight is 439 g/mol. The van der Waals surface area contributed by atoms with Crippen molar-refractivity contribution in [3.63, 3.8) is 0 Å². The number of likely N-dealkylation sites (tertiary alicyclic amines) is 1. The van der Waals surface area contributed by atoms with Gasteiger partial charge in [-0.05, 0) is 48.6 Å². The van der Waals surface area contributed by atoms with Crippen molar-refractivity contribution in [1.82, 2.24) is 4.90 Å². The summed E-state index contributed by atoms with van der Waals surface area (Å²) in [5.74, 6) is -0.577. The summed E-state index contributed by atoms with van der Waals surface area (Å²) in [5, 5.41) is 15.0. The van der Waals surface area contributed by atoms with Crippen LogP contribution in [-0.4, -0.2) is 34.4 Å². The van der Waals surface area contributed by atoms with E-state index in [4.69, 9.17) is 0 Å². The second-order valence-electron chi connectivity index (χ2n) is 6.84. The summed E-state index contributed by atoms with van der Waals surface area (Å²) in [6.45, 7) is 0.490. The number of rotatable bonds is 3. The Labute approximate surface area is 171 Å². The molecule has 1 aliphatic rings. The zero-order chi connectivity index (χ0) is 19.7. The molecular formula is C22H19BrN2O3. The molecule has 0 radical (unpaired) electrons. The Morgan fingerprint density at radius 1 is 1.04 bits per heavy atom. The number of carbonyl (C=O) groups is 2. The number of nitrogens with zero attached hydrogens (tertiary/aromatic N) is 1. The quantitative estimate of drug-likeness (QED) is 0.629. The van der Waals surface area contributed by atoms with Crippen LogP contribution in [0.3, 0.4) is 0 Å². The number of aromatic hydroxyl groups is 1. The maximum atomic E-state index is 13.1. The highest BCUT2D eigenvalue weighted by Crippen LogP contribution is 2.31. The molecule has 0 aromatic heterocycles. The molecule has 1 atom stereocenters. The van der Waals surface area contributed by atoms with E-state index < -0.39 is 6.04 Å². The van der Waals surface area contributed by atoms with Crippen molar-refractivity contribution in [2.75, 3.05) is 11.9 Å². The van der Waals surface area contributed by atoms with Gasteiger partial charge in [0, 0.05) is 22.1 Å². The van der Waals surface area contributed by atoms with E-state index >= 15 is 0 Å². The summed E-state index contributed by atoms with van der Waals surface area (Å²) in [5.41, 5.74) is 0.906. The number of benzene rings is 3. The van der Waals surface area contributed by atoms with Crippen LogP contribution in [0.25, 0.3) is 10.8 Å². The monoisotopic (exact) mass is 438 g/mol. The van der Waals surface area contributed by atoms with Crippen LogP contribution in [0.4, 0.5) is 5.69 Å². The SMILES string of the molecule is O=C(Nc1ccc(Br)cc1)C1CCCN1C(=O)c1ccc2ccccc2c1O. The predicted molar refractivity (Wildman–Crippen MR) is 112 cm³/mol. The predicted octanol–water partition coefficient (Wildman–Crippen LogP) is 4.55. The Kier molecular flexibility index (Phi) is 5.05. The van der Waals surface area contributed by atoms with Crippen molar-refractivity contribution in [1.29, 1.82) is 0 Å². The van der Waals surface area contributed by atoms with Gasteiger partial charge in [0.1, 0.15) is 11.8 Å². The van der Waals surface area contributed by atoms with E-state index in [1.165, 1.54) is 0 Å². The summed E-state index contributed by atoms with van der Waals surface area (Å²) in [4.78, 5) is 27.4. The number of hydrogen-bond donors (Lipinski definition) is 2. The number of hydrogen-bond acceptors (Lipinski definition) is 3. The zero-order valence-corrected chi connectivity index (χ0v) is 16.6. The van der Waals surface area contributed by atoms with Gasteiger partial charge in [0.15, 0.2) is 0 Å². The van der Waals surface area contributed by atoms with Gasteiger partial charge in [-0.25, -0.2) is 0 Å². The molecule has 0 saturated carbocycles. The van der Waals surface area contributed by atoms with E-state index in [1.54, 1.807) is 29.2 Å². The molecule has 5 nitrogen and oxygen atoms in total. The first-order valence-electron chi connectivity index (χ1n) is 9.13. The van der Waals surface area contributed by atoms with Gasteiger partial charge in [-0.3, -0.25) is 9.59 Å². The molecule has 0 spiro atoms. The van der Waals surface area contributed by atoms with Crippen LogP contribution in [-0.2, 0) is 4.79 Å². The lowest BCUT2D eigenvalue weighted by atomic mass is 10.0. The first kappa shape index (κ1) is 18.5. The molecule has 4 rings (SSSR count). The van der Waals surface area contributed by atoms with Gasteiger partial charge in [0.25, 0.3) is 5.91 Å². The number of halogens is 1. The van der Waals surface area contributed by atoms with E-state index in [0.717, 1.165) is 16.3 Å². The van der Waals surface area contributed by atoms with E-state index in [0.29, 0.717) is 24.0 Å². The number of carbonyl (C=O) groups excluding carboxylic acids is 2. The van der Waals surface area contributed by atoms with Crippen molar-refractivity contribution in [3.8, 4) is 5.75 Å². The molecule has 6 heteroatoms. The molecule has 2 N–H and O–H groups in total. The van der Waals surface area contributed by atoms with Crippen LogP contribution in [0.2, 0.25) is 0 Å². The van der Waals surface area contributed by atoms with Crippen LogP contribution in [0.15, 0.2) is 65.1 Å². The number of phenolic OH excluding ortho intramolecular Hbond substituents is 1. The third kappa shape index (κ3) is 3.47. The van der Waals surface area contributed by atoms with E-state index in [-0.39, 0.29) is 23.1 Å². The first-order chi connectivity index (χ1) is 13.5. The Hall–Kier alpha value is -2.86. The molecule has 1 heterocycles. The molecule has 2 amide bonds. The summed E-state index contributed by atoms with van der Waals surface area (Å²) in [6.07, 6.45) is 1.35. The lowest BCUT2D eigenvalue weighted by molar-refractivity contribution is -0.119. The number of fused-ring (bicyclic) bond motifs is 1. The molecule has 0 bridgehead atoms. The van der Waals surface area contributed by atoms with Gasteiger partial charge in [0.05, 0.1) is 5.56 Å². The minimum absolute atomic E-state index is 0.0398. The maximum absolute atomic E-state index is 13.1. The second-order valence-corrected chi connectivity index (χ2v) is 7.75. The number of anilines is 1. The Balaban J connectivity index is 1.57. The van der Waals surface area contributed by atoms with Crippen LogP contribution >= 0.6 is 15.9 Å². The van der Waals surface area contributed by atoms with Crippen LogP contribution in [0, 0.1) is 0 Å². The smallest absolute Gasteiger partial charge is 0.258 e. The van der Waals surface area contributed by atoms with Gasteiger partial charge in [-0.15, -0.1) is 0 Å². The fourth-order valence-electron chi connectivity index (χ4n) is 3.62. The Morgan fingerprint density at radius 3 is 2.57 bits per heavy atom. The van der Waals surface area contributed by atoms with Gasteiger partial charge in [-0.2, -0.15) is 0 Å². The molecule has 28 heavy (non-hydrogen) atoms. The lowest BCUT2D eigenvalue weighted by Crippen LogP contribution is -2.43. The second kappa shape index (κ2) is 7.64. The highest BCUT2D eigenvalue weighted by molar-refractivity contribution is 9.10. The van der Waals surface area contributed by atoms with Gasteiger partial charge >= 0.3 is 0 Å². The van der Waals surface area contributed by atoms with Crippen LogP contribution in [0.5, 0.6) is 5.75 Å². The largest absolute Gasteiger partial charge is 0.506 e. The minimum atomic E-state index is -0.554. The van der Waals surface area contributed by atoms with Crippen molar-refractivity contribution < 1.29 is 14.7 Å². The Bertz CT molecular complexity index is 1050. The van der Waals surface area contributed by atoms with Crippen molar-refractivity contribution in [2.45, 2.75) is 18.9 Å². The third-order valence-corrected chi connectivity index (χ3v) is 5.59. The van der Waals surface area contributed by atoms with Gasteiger partial charge < -0.3 is 15.3 Å². The maximum Gasteiger partial charge on any atom is 0.258 e. The zero-order valence-electron chi connectivity index (χ0n) is 15.1. The minimum Gasteiger partial charge on any atom is -0.506 e. The molecule has 0 aliphatic carbocycles. The molecule has 142 valence electrons. The van der Waals surface area contributed by atoms with Crippen LogP contribution in [0.1, 0.15) is 23.2 Å². The number of nitrogens with one attached hydrogen (secondary N) is 1. The summed E-state index contributed by atoms with van der Waals surface area (Å²) < 4.78 is 0.926. The van der Waals surface area contributed by atoms with Crippen molar-refractivity contribution >= 4 is 44.2 Å². The molecular weight excluding hydrogens is 420 g/mol. The third-order valence-electron chi connectivity index (χ3n) is 5.06. The van der Waals surface area contributed by atoms with Gasteiger partial charge in [0.2, 0.25) is 5.91 Å². The lowest BCUT2D eigenvalue weighted by Gasteiger charge is -2.24. The van der Waals surface area contributed by atoms with Crippen LogP contribution < -0.4 is 5.32 Å². The molecule has 1 aliphatic heterocycles. The first-order valence-corrected chi connectivity index (χ1v) is 9.92. The van der Waals surface area contributed by atoms with E-state index in [1.807, 2.05) is 36.4 Å². The fourth-order valence-corrected chi connectivity index (χ4v) is 3.89. The standard InChI is InChI=1S/C22H19BrN2O3/c23-15-8-10-16(11-9-15)24-21(27)19-6-3-13-25(19)22(28)18-12-7-14-4-1-2-5-17(14)20(18)26/h1-2,4-5,7-12,19,26H,3,6,13H2,(H,24,27). The summed E-state index contributed by atoms with van der Waals surface area (Å²) in [6, 6.07) is 17.6. The molecule has 1 fully saturated rings. The average Bonchev–Trinajstić information content (AvgIpc) is 3.20.